The lowest BCUT2D eigenvalue weighted by molar-refractivity contribution is 0.519. The van der Waals surface area contributed by atoms with Crippen molar-refractivity contribution in [2.45, 2.75) is 57.2 Å². The second-order valence-corrected chi connectivity index (χ2v) is 11.6. The van der Waals surface area contributed by atoms with Crippen LogP contribution in [0.4, 0.5) is 0 Å². The first-order valence-corrected chi connectivity index (χ1v) is 14.5. The number of aromatic nitrogens is 4. The van der Waals surface area contributed by atoms with Crippen molar-refractivity contribution in [2.75, 3.05) is 25.4 Å². The molecule has 0 spiro atoms. The fourth-order valence-electron chi connectivity index (χ4n) is 5.18. The fourth-order valence-corrected chi connectivity index (χ4v) is 6.70. The van der Waals surface area contributed by atoms with Crippen LogP contribution in [0.5, 0.6) is 0 Å². The summed E-state index contributed by atoms with van der Waals surface area (Å²) in [6.07, 6.45) is 9.73. The van der Waals surface area contributed by atoms with E-state index in [-0.39, 0.29) is 10.9 Å². The van der Waals surface area contributed by atoms with E-state index in [1.54, 1.807) is 4.57 Å². The standard InChI is InChI=1S/C27H36N6O2S/c1-2-3-13-32-17-19(6-10-28)24-5-4-22(16-25(24)32)33-18-20-15-21(30-26(20)31-27(33)34)9-14-36(35)23-7-11-29-12-8-23/h4-5,15-18,23,29H,2-3,6-14,28H2,1H3,(H,30,31,34). The van der Waals surface area contributed by atoms with Gasteiger partial charge in [0.05, 0.1) is 11.2 Å². The number of hydrogen-bond acceptors (Lipinski definition) is 5. The van der Waals surface area contributed by atoms with Crippen molar-refractivity contribution in [1.82, 2.24) is 24.4 Å². The highest BCUT2D eigenvalue weighted by Crippen LogP contribution is 2.25. The van der Waals surface area contributed by atoms with Gasteiger partial charge in [-0.15, -0.1) is 0 Å². The van der Waals surface area contributed by atoms with E-state index in [1.807, 2.05) is 18.3 Å². The van der Waals surface area contributed by atoms with Gasteiger partial charge >= 0.3 is 5.69 Å². The van der Waals surface area contributed by atoms with Crippen LogP contribution in [0.25, 0.3) is 27.6 Å². The lowest BCUT2D eigenvalue weighted by Crippen LogP contribution is -2.34. The molecular formula is C27H36N6O2S. The number of H-pyrrole nitrogens is 1. The van der Waals surface area contributed by atoms with E-state index in [4.69, 9.17) is 5.73 Å². The van der Waals surface area contributed by atoms with Crippen LogP contribution in [0.2, 0.25) is 0 Å². The van der Waals surface area contributed by atoms with Crippen molar-refractivity contribution < 1.29 is 4.21 Å². The summed E-state index contributed by atoms with van der Waals surface area (Å²) in [5.74, 6) is 0.623. The van der Waals surface area contributed by atoms with Gasteiger partial charge in [0.15, 0.2) is 0 Å². The largest absolute Gasteiger partial charge is 0.354 e. The van der Waals surface area contributed by atoms with Crippen LogP contribution < -0.4 is 16.7 Å². The summed E-state index contributed by atoms with van der Waals surface area (Å²) < 4.78 is 16.6. The van der Waals surface area contributed by atoms with Crippen molar-refractivity contribution in [1.29, 1.82) is 0 Å². The Kier molecular flexibility index (Phi) is 7.69. The molecule has 4 heterocycles. The van der Waals surface area contributed by atoms with Gasteiger partial charge in [-0.3, -0.25) is 8.78 Å². The van der Waals surface area contributed by atoms with Crippen molar-refractivity contribution in [3.05, 3.63) is 58.4 Å². The van der Waals surface area contributed by atoms with Gasteiger partial charge < -0.3 is 20.6 Å². The fraction of sp³-hybridized carbons (Fsp3) is 0.481. The van der Waals surface area contributed by atoms with Crippen LogP contribution in [-0.4, -0.2) is 53.9 Å². The zero-order valence-electron chi connectivity index (χ0n) is 21.0. The molecule has 9 heteroatoms. The minimum Gasteiger partial charge on any atom is -0.347 e. The summed E-state index contributed by atoms with van der Waals surface area (Å²) in [4.78, 5) is 20.6. The second-order valence-electron chi connectivity index (χ2n) is 9.72. The maximum Gasteiger partial charge on any atom is 0.354 e. The first kappa shape index (κ1) is 24.9. The number of nitrogens with one attached hydrogen (secondary N) is 2. The first-order chi connectivity index (χ1) is 17.6. The number of piperidine rings is 1. The van der Waals surface area contributed by atoms with Crippen LogP contribution in [0.15, 0.2) is 41.5 Å². The number of rotatable bonds is 10. The third-order valence-corrected chi connectivity index (χ3v) is 9.01. The minimum atomic E-state index is -0.843. The Morgan fingerprint density at radius 1 is 1.17 bits per heavy atom. The Hall–Kier alpha value is -2.75. The molecule has 1 aromatic carbocycles. The molecule has 0 bridgehead atoms. The molecule has 1 saturated heterocycles. The Morgan fingerprint density at radius 2 is 2.00 bits per heavy atom. The van der Waals surface area contributed by atoms with E-state index in [1.165, 1.54) is 10.9 Å². The highest BCUT2D eigenvalue weighted by molar-refractivity contribution is 7.85. The van der Waals surface area contributed by atoms with E-state index < -0.39 is 10.8 Å². The van der Waals surface area contributed by atoms with E-state index in [0.717, 1.165) is 74.0 Å². The molecule has 4 aromatic rings. The molecule has 8 nitrogen and oxygen atoms in total. The minimum absolute atomic E-state index is 0.278. The smallest absolute Gasteiger partial charge is 0.347 e. The molecule has 1 aliphatic rings. The Bertz CT molecular complexity index is 1430. The summed E-state index contributed by atoms with van der Waals surface area (Å²) >= 11 is 0. The number of hydrogen-bond donors (Lipinski definition) is 3. The third kappa shape index (κ3) is 5.19. The highest BCUT2D eigenvalue weighted by atomic mass is 32.2. The molecule has 36 heavy (non-hydrogen) atoms. The number of aromatic amines is 1. The van der Waals surface area contributed by atoms with E-state index >= 15 is 0 Å². The SMILES string of the molecule is CCCCn1cc(CCN)c2ccc(-n3cc4cc(CCS(=O)C5CCNCC5)[nH]c4nc3=O)cc21. The Balaban J connectivity index is 1.42. The maximum atomic E-state index is 13.0. The maximum absolute atomic E-state index is 13.0. The Morgan fingerprint density at radius 3 is 2.78 bits per heavy atom. The number of aryl methyl sites for hydroxylation is 2. The normalized spacial score (nSPS) is 15.7. The number of nitrogens with two attached hydrogens (primary N) is 1. The summed E-state index contributed by atoms with van der Waals surface area (Å²) in [7, 11) is -0.843. The lowest BCUT2D eigenvalue weighted by atomic mass is 10.1. The van der Waals surface area contributed by atoms with E-state index in [2.05, 4.69) is 45.1 Å². The molecule has 4 N–H and O–H groups in total. The van der Waals surface area contributed by atoms with Gasteiger partial charge in [-0.1, -0.05) is 19.4 Å². The first-order valence-electron chi connectivity index (χ1n) is 13.1. The number of fused-ring (bicyclic) bond motifs is 2. The van der Waals surface area contributed by atoms with E-state index in [9.17, 15) is 9.00 Å². The van der Waals surface area contributed by atoms with Crippen LogP contribution in [-0.2, 0) is 30.2 Å². The predicted octanol–water partition coefficient (Wildman–Crippen LogP) is 3.01. The highest BCUT2D eigenvalue weighted by Gasteiger charge is 2.19. The number of unbranched alkanes of at least 4 members (excludes halogenated alkanes) is 1. The quantitative estimate of drug-likeness (QED) is 0.305. The van der Waals surface area contributed by atoms with Gasteiger partial charge in [0.25, 0.3) is 0 Å². The number of benzene rings is 1. The zero-order valence-corrected chi connectivity index (χ0v) is 21.8. The number of nitrogens with zero attached hydrogens (tertiary/aromatic N) is 3. The molecule has 1 unspecified atom stereocenters. The summed E-state index contributed by atoms with van der Waals surface area (Å²) in [5, 5.41) is 5.67. The molecule has 5 rings (SSSR count). The molecule has 3 aromatic heterocycles. The summed E-state index contributed by atoms with van der Waals surface area (Å²) in [6.45, 7) is 5.63. The molecule has 0 radical (unpaired) electrons. The third-order valence-electron chi connectivity index (χ3n) is 7.19. The molecule has 0 aliphatic carbocycles. The molecule has 0 saturated carbocycles. The molecule has 1 fully saturated rings. The van der Waals surface area contributed by atoms with Gasteiger partial charge in [-0.05, 0) is 75.5 Å². The van der Waals surface area contributed by atoms with Crippen LogP contribution >= 0.6 is 0 Å². The van der Waals surface area contributed by atoms with Crippen molar-refractivity contribution in [3.8, 4) is 5.69 Å². The average Bonchev–Trinajstić information content (AvgIpc) is 3.46. The molecule has 0 amide bonds. The van der Waals surface area contributed by atoms with Gasteiger partial charge in [-0.25, -0.2) is 4.79 Å². The van der Waals surface area contributed by atoms with Crippen molar-refractivity contribution in [2.24, 2.45) is 5.73 Å². The second kappa shape index (κ2) is 11.1. The summed E-state index contributed by atoms with van der Waals surface area (Å²) in [6, 6.07) is 8.18. The van der Waals surface area contributed by atoms with Crippen LogP contribution in [0.3, 0.4) is 0 Å². The zero-order chi connectivity index (χ0) is 25.1. The van der Waals surface area contributed by atoms with Crippen molar-refractivity contribution in [3.63, 3.8) is 0 Å². The van der Waals surface area contributed by atoms with Crippen molar-refractivity contribution >= 4 is 32.7 Å². The predicted molar refractivity (Wildman–Crippen MR) is 147 cm³/mol. The molecule has 1 aliphatic heterocycles. The van der Waals surface area contributed by atoms with Gasteiger partial charge in [0.1, 0.15) is 5.65 Å². The average molecular weight is 509 g/mol. The van der Waals surface area contributed by atoms with Crippen LogP contribution in [0, 0.1) is 0 Å². The molecular weight excluding hydrogens is 472 g/mol. The van der Waals surface area contributed by atoms with Gasteiger partial charge in [-0.2, -0.15) is 4.98 Å². The topological polar surface area (TPSA) is 111 Å². The summed E-state index contributed by atoms with van der Waals surface area (Å²) in [5.41, 5.74) is 10.2. The monoisotopic (exact) mass is 508 g/mol. The van der Waals surface area contributed by atoms with Crippen LogP contribution in [0.1, 0.15) is 43.9 Å². The van der Waals surface area contributed by atoms with E-state index in [0.29, 0.717) is 24.4 Å². The van der Waals surface area contributed by atoms with Gasteiger partial charge in [0.2, 0.25) is 0 Å². The Labute approximate surface area is 213 Å². The lowest BCUT2D eigenvalue weighted by Gasteiger charge is -2.21. The molecule has 192 valence electrons. The van der Waals surface area contributed by atoms with Gasteiger partial charge in [0, 0.05) is 57.2 Å². The molecule has 1 atom stereocenters.